The largest absolute Gasteiger partial charge is 0.453 e. The Morgan fingerprint density at radius 1 is 1.25 bits per heavy atom. The minimum absolute atomic E-state index is 0.0441. The van der Waals surface area contributed by atoms with Crippen LogP contribution in [0.1, 0.15) is 18.4 Å². The van der Waals surface area contributed by atoms with Gasteiger partial charge in [-0.15, -0.1) is 0 Å². The van der Waals surface area contributed by atoms with E-state index in [-0.39, 0.29) is 30.4 Å². The molecule has 0 spiro atoms. The molecule has 1 saturated carbocycles. The molecule has 154 valence electrons. The van der Waals surface area contributed by atoms with Crippen molar-refractivity contribution < 1.29 is 32.3 Å². The highest BCUT2D eigenvalue weighted by atomic mass is 32.2. The molecule has 2 aliphatic rings. The number of methoxy groups -OCH3 is 1. The van der Waals surface area contributed by atoms with Crippen LogP contribution in [0.4, 0.5) is 9.18 Å². The Labute approximate surface area is 162 Å². The van der Waals surface area contributed by atoms with Gasteiger partial charge in [-0.2, -0.15) is 0 Å². The maximum atomic E-state index is 13.0. The van der Waals surface area contributed by atoms with Crippen LogP contribution in [0, 0.1) is 23.1 Å². The lowest BCUT2D eigenvalue weighted by atomic mass is 9.86. The first-order chi connectivity index (χ1) is 13.2. The van der Waals surface area contributed by atoms with Gasteiger partial charge < -0.3 is 9.64 Å². The van der Waals surface area contributed by atoms with Crippen molar-refractivity contribution in [1.29, 1.82) is 0 Å². The first-order valence-corrected chi connectivity index (χ1v) is 10.7. The van der Waals surface area contributed by atoms with Crippen molar-refractivity contribution in [3.8, 4) is 0 Å². The number of halogens is 1. The van der Waals surface area contributed by atoms with Gasteiger partial charge in [0.15, 0.2) is 9.84 Å². The van der Waals surface area contributed by atoms with Gasteiger partial charge in [0.25, 0.3) is 5.91 Å². The molecule has 1 aromatic rings. The minimum atomic E-state index is -3.71. The second kappa shape index (κ2) is 7.67. The van der Waals surface area contributed by atoms with Crippen molar-refractivity contribution in [2.45, 2.75) is 18.6 Å². The SMILES string of the molecule is COC(=O)N1C[C@@H]2CC(CS(=O)(=O)Cc3ccc(F)cc3)(C(=O)NO)C[C@@H]2C1. The monoisotopic (exact) mass is 414 g/mol. The number of nitrogens with one attached hydrogen (secondary N) is 1. The summed E-state index contributed by atoms with van der Waals surface area (Å²) in [5.41, 5.74) is 0.786. The number of sulfone groups is 1. The molecule has 3 atom stereocenters. The predicted molar refractivity (Wildman–Crippen MR) is 96.4 cm³/mol. The fraction of sp³-hybridized carbons (Fsp3) is 0.556. The number of likely N-dealkylation sites (tertiary alicyclic amines) is 1. The van der Waals surface area contributed by atoms with Gasteiger partial charge in [-0.25, -0.2) is 23.1 Å². The summed E-state index contributed by atoms with van der Waals surface area (Å²) in [5, 5.41) is 9.20. The number of hydrogen-bond acceptors (Lipinski definition) is 6. The number of amides is 2. The number of carbonyl (C=O) groups is 2. The van der Waals surface area contributed by atoms with E-state index in [0.717, 1.165) is 0 Å². The van der Waals surface area contributed by atoms with Gasteiger partial charge in [0, 0.05) is 13.1 Å². The van der Waals surface area contributed by atoms with E-state index in [2.05, 4.69) is 0 Å². The molecule has 1 aromatic carbocycles. The molecule has 2 fully saturated rings. The van der Waals surface area contributed by atoms with Crippen LogP contribution >= 0.6 is 0 Å². The Morgan fingerprint density at radius 2 is 1.82 bits per heavy atom. The number of nitrogens with zero attached hydrogens (tertiary/aromatic N) is 1. The van der Waals surface area contributed by atoms with Crippen LogP contribution in [-0.2, 0) is 25.1 Å². The fourth-order valence-electron chi connectivity index (χ4n) is 4.56. The maximum absolute atomic E-state index is 13.0. The number of ether oxygens (including phenoxy) is 1. The number of benzene rings is 1. The fourth-order valence-corrected chi connectivity index (χ4v) is 6.57. The number of hydrogen-bond donors (Lipinski definition) is 2. The van der Waals surface area contributed by atoms with E-state index in [9.17, 15) is 27.6 Å². The standard InChI is InChI=1S/C18H23FN2O6S/c1-27-17(23)21-8-13-6-18(16(22)20-24,7-14(13)9-21)11-28(25,26)10-12-2-4-15(19)5-3-12/h2-5,13-14,24H,6-11H2,1H3,(H,20,22)/t13-,14+,18?. The van der Waals surface area contributed by atoms with Crippen LogP contribution in [0.5, 0.6) is 0 Å². The summed E-state index contributed by atoms with van der Waals surface area (Å²) in [7, 11) is -2.42. The highest BCUT2D eigenvalue weighted by molar-refractivity contribution is 7.90. The first kappa shape index (κ1) is 20.5. The van der Waals surface area contributed by atoms with E-state index in [0.29, 0.717) is 18.7 Å². The lowest BCUT2D eigenvalue weighted by Gasteiger charge is -2.28. The lowest BCUT2D eigenvalue weighted by Crippen LogP contribution is -2.44. The molecule has 0 radical (unpaired) electrons. The van der Waals surface area contributed by atoms with Gasteiger partial charge in [0.2, 0.25) is 0 Å². The van der Waals surface area contributed by atoms with Gasteiger partial charge in [-0.05, 0) is 42.4 Å². The highest BCUT2D eigenvalue weighted by Crippen LogP contribution is 2.50. The molecule has 1 aliphatic carbocycles. The first-order valence-electron chi connectivity index (χ1n) is 8.90. The number of carbonyl (C=O) groups excluding carboxylic acids is 2. The van der Waals surface area contributed by atoms with E-state index in [1.807, 2.05) is 0 Å². The average molecular weight is 414 g/mol. The van der Waals surface area contributed by atoms with Crippen molar-refractivity contribution in [2.75, 3.05) is 26.0 Å². The highest BCUT2D eigenvalue weighted by Gasteiger charge is 2.55. The van der Waals surface area contributed by atoms with Crippen LogP contribution < -0.4 is 5.48 Å². The van der Waals surface area contributed by atoms with E-state index in [1.54, 1.807) is 10.4 Å². The van der Waals surface area contributed by atoms with Gasteiger partial charge in [-0.1, -0.05) is 12.1 Å². The molecule has 2 amide bonds. The van der Waals surface area contributed by atoms with Crippen LogP contribution in [-0.4, -0.2) is 56.5 Å². The number of fused-ring (bicyclic) bond motifs is 1. The average Bonchev–Trinajstić information content (AvgIpc) is 3.18. The van der Waals surface area contributed by atoms with E-state index in [4.69, 9.17) is 4.74 Å². The molecule has 28 heavy (non-hydrogen) atoms. The zero-order valence-electron chi connectivity index (χ0n) is 15.4. The van der Waals surface area contributed by atoms with Gasteiger partial charge >= 0.3 is 6.09 Å². The second-order valence-electron chi connectivity index (χ2n) is 7.68. The molecule has 0 bridgehead atoms. The van der Waals surface area contributed by atoms with Gasteiger partial charge in [-0.3, -0.25) is 10.0 Å². The third kappa shape index (κ3) is 4.12. The summed E-state index contributed by atoms with van der Waals surface area (Å²) in [6, 6.07) is 5.15. The lowest BCUT2D eigenvalue weighted by molar-refractivity contribution is -0.138. The molecule has 3 rings (SSSR count). The molecule has 1 heterocycles. The van der Waals surface area contributed by atoms with E-state index < -0.39 is 38.8 Å². The minimum Gasteiger partial charge on any atom is -0.453 e. The van der Waals surface area contributed by atoms with E-state index in [1.165, 1.54) is 31.4 Å². The maximum Gasteiger partial charge on any atom is 0.409 e. The van der Waals surface area contributed by atoms with Crippen molar-refractivity contribution in [3.05, 3.63) is 35.6 Å². The van der Waals surface area contributed by atoms with Gasteiger partial charge in [0.1, 0.15) is 5.82 Å². The Hall–Kier alpha value is -2.20. The van der Waals surface area contributed by atoms with Crippen molar-refractivity contribution in [3.63, 3.8) is 0 Å². The Morgan fingerprint density at radius 3 is 2.32 bits per heavy atom. The summed E-state index contributed by atoms with van der Waals surface area (Å²) in [4.78, 5) is 25.7. The molecular weight excluding hydrogens is 391 g/mol. The third-order valence-electron chi connectivity index (χ3n) is 5.69. The topological polar surface area (TPSA) is 113 Å². The molecule has 8 nitrogen and oxygen atoms in total. The van der Waals surface area contributed by atoms with Gasteiger partial charge in [0.05, 0.1) is 24.0 Å². The normalized spacial score (nSPS) is 26.8. The molecule has 1 saturated heterocycles. The predicted octanol–water partition coefficient (Wildman–Crippen LogP) is 1.34. The smallest absolute Gasteiger partial charge is 0.409 e. The van der Waals surface area contributed by atoms with Crippen LogP contribution in [0.2, 0.25) is 0 Å². The summed E-state index contributed by atoms with van der Waals surface area (Å²) in [6.07, 6.45) is 0.0518. The molecule has 0 aromatic heterocycles. The molecular formula is C18H23FN2O6S. The number of hydroxylamine groups is 1. The van der Waals surface area contributed by atoms with Crippen LogP contribution in [0.15, 0.2) is 24.3 Å². The Balaban J connectivity index is 1.76. The number of rotatable bonds is 5. The molecule has 1 aliphatic heterocycles. The molecule has 2 N–H and O–H groups in total. The zero-order valence-corrected chi connectivity index (χ0v) is 16.2. The van der Waals surface area contributed by atoms with Crippen molar-refractivity contribution >= 4 is 21.8 Å². The second-order valence-corrected chi connectivity index (χ2v) is 9.75. The van der Waals surface area contributed by atoms with Crippen molar-refractivity contribution in [2.24, 2.45) is 17.3 Å². The van der Waals surface area contributed by atoms with Crippen LogP contribution in [0.3, 0.4) is 0 Å². The summed E-state index contributed by atoms with van der Waals surface area (Å²) in [5.74, 6) is -2.02. The zero-order chi connectivity index (χ0) is 20.5. The Bertz CT molecular complexity index is 843. The van der Waals surface area contributed by atoms with Crippen molar-refractivity contribution in [1.82, 2.24) is 10.4 Å². The van der Waals surface area contributed by atoms with E-state index >= 15 is 0 Å². The molecule has 1 unspecified atom stereocenters. The summed E-state index contributed by atoms with van der Waals surface area (Å²) in [6.45, 7) is 0.769. The molecule has 10 heteroatoms. The quantitative estimate of drug-likeness (QED) is 0.555. The summed E-state index contributed by atoms with van der Waals surface area (Å²) < 4.78 is 43.3. The Kier molecular flexibility index (Phi) is 5.62. The summed E-state index contributed by atoms with van der Waals surface area (Å²) >= 11 is 0. The third-order valence-corrected chi connectivity index (χ3v) is 7.46. The van der Waals surface area contributed by atoms with Crippen LogP contribution in [0.25, 0.3) is 0 Å².